The molecule has 2 atom stereocenters. The minimum absolute atomic E-state index is 0.298. The summed E-state index contributed by atoms with van der Waals surface area (Å²) in [6.45, 7) is 12.8. The second kappa shape index (κ2) is 8.95. The van der Waals surface area contributed by atoms with Crippen LogP contribution in [0.5, 0.6) is 0 Å². The van der Waals surface area contributed by atoms with Gasteiger partial charge in [0, 0.05) is 55.7 Å². The second-order valence-corrected chi connectivity index (χ2v) is 10.7. The van der Waals surface area contributed by atoms with Crippen molar-refractivity contribution in [1.29, 1.82) is 0 Å². The van der Waals surface area contributed by atoms with Crippen molar-refractivity contribution in [2.24, 2.45) is 7.05 Å². The van der Waals surface area contributed by atoms with Crippen LogP contribution in [0.25, 0.3) is 27.9 Å². The molecule has 2 N–H and O–H groups in total. The van der Waals surface area contributed by atoms with Gasteiger partial charge in [-0.1, -0.05) is 19.1 Å². The molecule has 192 valence electrons. The Balaban J connectivity index is 1.31. The zero-order chi connectivity index (χ0) is 25.8. The summed E-state index contributed by atoms with van der Waals surface area (Å²) in [7, 11) is 1.91. The molecular formula is C27H34N10. The third-order valence-corrected chi connectivity index (χ3v) is 7.72. The Morgan fingerprint density at radius 2 is 2.00 bits per heavy atom. The number of aryl methyl sites for hydroxylation is 2. The van der Waals surface area contributed by atoms with E-state index in [0.717, 1.165) is 64.5 Å². The van der Waals surface area contributed by atoms with Crippen LogP contribution in [0.3, 0.4) is 0 Å². The van der Waals surface area contributed by atoms with E-state index in [1.807, 2.05) is 17.8 Å². The van der Waals surface area contributed by atoms with Crippen molar-refractivity contribution in [3.05, 3.63) is 53.2 Å². The number of likely N-dealkylation sites (tertiary alicyclic amines) is 1. The Labute approximate surface area is 216 Å². The van der Waals surface area contributed by atoms with Crippen molar-refractivity contribution in [3.63, 3.8) is 0 Å². The predicted octanol–water partition coefficient (Wildman–Crippen LogP) is 4.22. The zero-order valence-electron chi connectivity index (χ0n) is 22.3. The van der Waals surface area contributed by atoms with Crippen LogP contribution in [-0.4, -0.2) is 63.1 Å². The molecule has 1 fully saturated rings. The Morgan fingerprint density at radius 3 is 2.76 bits per heavy atom. The molecule has 0 aliphatic carbocycles. The highest BCUT2D eigenvalue weighted by molar-refractivity contribution is 5.90. The molecule has 5 aromatic heterocycles. The van der Waals surface area contributed by atoms with E-state index in [1.165, 1.54) is 11.1 Å². The van der Waals surface area contributed by atoms with Crippen molar-refractivity contribution in [2.45, 2.75) is 65.6 Å². The Hall–Kier alpha value is -3.79. The van der Waals surface area contributed by atoms with Gasteiger partial charge in [-0.05, 0) is 56.4 Å². The fourth-order valence-corrected chi connectivity index (χ4v) is 5.70. The number of pyridine rings is 2. The standard InChI is InChI=1S/C27H34N10/c1-15(2)24-25(21-13-37-27(28-14-29-37)18(5)17(21)4)31-22-7-8-23(32-26(22)24)30-19-9-16(3)36(11-19)12-20-10-35(6)34-33-20/h7-8,10,13-16,19,31H,9,11-12H2,1-6H3,(H,30,32)/t16-,19+/m1/s1. The lowest BCUT2D eigenvalue weighted by Gasteiger charge is -2.19. The number of aromatic amines is 1. The summed E-state index contributed by atoms with van der Waals surface area (Å²) in [6.07, 6.45) is 6.74. The third-order valence-electron chi connectivity index (χ3n) is 7.72. The van der Waals surface area contributed by atoms with Crippen LogP contribution in [0.2, 0.25) is 0 Å². The lowest BCUT2D eigenvalue weighted by Crippen LogP contribution is -2.29. The molecule has 0 radical (unpaired) electrons. The summed E-state index contributed by atoms with van der Waals surface area (Å²) in [5.74, 6) is 1.21. The van der Waals surface area contributed by atoms with Crippen LogP contribution in [0.4, 0.5) is 5.82 Å². The topological polar surface area (TPSA) is 105 Å². The average molecular weight is 499 g/mol. The van der Waals surface area contributed by atoms with Gasteiger partial charge in [-0.25, -0.2) is 14.5 Å². The number of aromatic nitrogens is 8. The van der Waals surface area contributed by atoms with Crippen molar-refractivity contribution in [1.82, 2.24) is 44.5 Å². The van der Waals surface area contributed by atoms with Gasteiger partial charge in [0.2, 0.25) is 0 Å². The van der Waals surface area contributed by atoms with E-state index in [4.69, 9.17) is 4.98 Å². The van der Waals surface area contributed by atoms with Gasteiger partial charge in [-0.15, -0.1) is 5.10 Å². The van der Waals surface area contributed by atoms with Crippen molar-refractivity contribution in [2.75, 3.05) is 11.9 Å². The summed E-state index contributed by atoms with van der Waals surface area (Å²) >= 11 is 0. The van der Waals surface area contributed by atoms with Crippen LogP contribution in [0, 0.1) is 13.8 Å². The summed E-state index contributed by atoms with van der Waals surface area (Å²) in [5.41, 5.74) is 9.78. The van der Waals surface area contributed by atoms with E-state index in [2.05, 4.69) is 88.5 Å². The fourth-order valence-electron chi connectivity index (χ4n) is 5.70. The molecule has 1 saturated heterocycles. The largest absolute Gasteiger partial charge is 0.366 e. The molecule has 1 aliphatic rings. The number of rotatable bonds is 6. The van der Waals surface area contributed by atoms with Gasteiger partial charge in [0.05, 0.1) is 22.4 Å². The molecule has 5 aromatic rings. The summed E-state index contributed by atoms with van der Waals surface area (Å²) in [5, 5.41) is 16.4. The minimum Gasteiger partial charge on any atom is -0.366 e. The lowest BCUT2D eigenvalue weighted by molar-refractivity contribution is 0.256. The second-order valence-electron chi connectivity index (χ2n) is 10.7. The summed E-state index contributed by atoms with van der Waals surface area (Å²) < 4.78 is 3.62. The molecule has 0 amide bonds. The molecule has 6 heterocycles. The van der Waals surface area contributed by atoms with E-state index >= 15 is 0 Å². The van der Waals surface area contributed by atoms with Gasteiger partial charge >= 0.3 is 0 Å². The normalized spacial score (nSPS) is 18.6. The minimum atomic E-state index is 0.298. The predicted molar refractivity (Wildman–Crippen MR) is 145 cm³/mol. The molecule has 0 spiro atoms. The smallest absolute Gasteiger partial charge is 0.158 e. The molecule has 10 nitrogen and oxygen atoms in total. The molecule has 0 saturated carbocycles. The van der Waals surface area contributed by atoms with Crippen molar-refractivity contribution >= 4 is 22.5 Å². The Bertz CT molecular complexity index is 1590. The van der Waals surface area contributed by atoms with Crippen LogP contribution >= 0.6 is 0 Å². The molecule has 1 aliphatic heterocycles. The number of H-pyrrole nitrogens is 1. The number of nitrogens with one attached hydrogen (secondary N) is 2. The third kappa shape index (κ3) is 4.15. The quantitative estimate of drug-likeness (QED) is 0.361. The molecule has 0 unspecified atom stereocenters. The molecule has 37 heavy (non-hydrogen) atoms. The van der Waals surface area contributed by atoms with E-state index in [0.29, 0.717) is 18.0 Å². The highest BCUT2D eigenvalue weighted by Gasteiger charge is 2.30. The number of anilines is 1. The van der Waals surface area contributed by atoms with Gasteiger partial charge in [0.15, 0.2) is 5.65 Å². The lowest BCUT2D eigenvalue weighted by atomic mass is 9.95. The van der Waals surface area contributed by atoms with E-state index in [-0.39, 0.29) is 0 Å². The SMILES string of the molecule is Cc1c(-c2[nH]c3ccc(N[C@H]4C[C@@H](C)N(Cc5cn(C)nn5)C4)nc3c2C(C)C)cn2ncnc2c1C. The van der Waals surface area contributed by atoms with Crippen molar-refractivity contribution < 1.29 is 0 Å². The first-order valence-corrected chi connectivity index (χ1v) is 13.0. The maximum atomic E-state index is 5.13. The van der Waals surface area contributed by atoms with Crippen LogP contribution in [0.1, 0.15) is 55.5 Å². The number of fused-ring (bicyclic) bond motifs is 2. The maximum absolute atomic E-state index is 5.13. The first-order chi connectivity index (χ1) is 17.8. The van der Waals surface area contributed by atoms with Crippen molar-refractivity contribution in [3.8, 4) is 11.3 Å². The first kappa shape index (κ1) is 23.6. The zero-order valence-corrected chi connectivity index (χ0v) is 22.3. The van der Waals surface area contributed by atoms with Gasteiger partial charge in [-0.2, -0.15) is 5.10 Å². The summed E-state index contributed by atoms with van der Waals surface area (Å²) in [6, 6.07) is 5.02. The number of nitrogens with zero attached hydrogens (tertiary/aromatic N) is 8. The maximum Gasteiger partial charge on any atom is 0.158 e. The van der Waals surface area contributed by atoms with Gasteiger partial charge in [-0.3, -0.25) is 9.58 Å². The summed E-state index contributed by atoms with van der Waals surface area (Å²) in [4.78, 5) is 15.7. The molecule has 0 bridgehead atoms. The Kier molecular flexibility index (Phi) is 5.71. The molecular weight excluding hydrogens is 464 g/mol. The van der Waals surface area contributed by atoms with Crippen LogP contribution in [0.15, 0.2) is 30.9 Å². The van der Waals surface area contributed by atoms with E-state index in [9.17, 15) is 0 Å². The number of hydrogen-bond acceptors (Lipinski definition) is 7. The monoisotopic (exact) mass is 498 g/mol. The number of hydrogen-bond donors (Lipinski definition) is 2. The Morgan fingerprint density at radius 1 is 1.16 bits per heavy atom. The van der Waals surface area contributed by atoms with Gasteiger partial charge < -0.3 is 10.3 Å². The first-order valence-electron chi connectivity index (χ1n) is 13.0. The highest BCUT2D eigenvalue weighted by atomic mass is 15.4. The van der Waals surface area contributed by atoms with Gasteiger partial charge in [0.1, 0.15) is 12.1 Å². The van der Waals surface area contributed by atoms with E-state index in [1.54, 1.807) is 11.0 Å². The van der Waals surface area contributed by atoms with Crippen LogP contribution < -0.4 is 5.32 Å². The molecule has 0 aromatic carbocycles. The average Bonchev–Trinajstić information content (AvgIpc) is 3.63. The fraction of sp³-hybridized carbons (Fsp3) is 0.444. The van der Waals surface area contributed by atoms with Gasteiger partial charge in [0.25, 0.3) is 0 Å². The molecule has 6 rings (SSSR count). The molecule has 10 heteroatoms. The van der Waals surface area contributed by atoms with Crippen LogP contribution in [-0.2, 0) is 13.6 Å². The van der Waals surface area contributed by atoms with E-state index < -0.39 is 0 Å². The highest BCUT2D eigenvalue weighted by Crippen LogP contribution is 2.37.